The number of amides is 1. The minimum Gasteiger partial charge on any atom is -0.385 e. The maximum atomic E-state index is 12.4. The summed E-state index contributed by atoms with van der Waals surface area (Å²) >= 11 is 0. The molecule has 0 aliphatic carbocycles. The molecule has 6 nitrogen and oxygen atoms in total. The minimum atomic E-state index is -4.71. The average Bonchev–Trinajstić information content (AvgIpc) is 2.88. The smallest absolute Gasteiger partial charge is 0.385 e. The van der Waals surface area contributed by atoms with Crippen molar-refractivity contribution < 1.29 is 22.5 Å². The number of benzene rings is 1. The highest BCUT2D eigenvalue weighted by Gasteiger charge is 2.38. The Kier molecular flexibility index (Phi) is 3.83. The molecule has 3 N–H and O–H groups in total. The lowest BCUT2D eigenvalue weighted by Crippen LogP contribution is -2.14. The molecule has 0 atom stereocenters. The second kappa shape index (κ2) is 5.43. The number of primary amides is 1. The molecule has 2 rings (SSSR count). The number of hydrogen-bond donors (Lipinski definition) is 2. The molecule has 0 aliphatic heterocycles. The lowest BCUT2D eigenvalue weighted by atomic mass is 10.1. The van der Waals surface area contributed by atoms with Crippen LogP contribution in [0.15, 0.2) is 22.7 Å². The molecule has 0 spiro atoms. The maximum Gasteiger partial charge on any atom is 0.471 e. The SMILES string of the molecule is CCNc1cc(-c2noc(C(F)(F)F)n2)ccc1C(N)=O. The number of aromatic nitrogens is 2. The van der Waals surface area contributed by atoms with Crippen LogP contribution in [0.5, 0.6) is 0 Å². The molecular weight excluding hydrogens is 289 g/mol. The summed E-state index contributed by atoms with van der Waals surface area (Å²) in [5, 5.41) is 6.17. The van der Waals surface area contributed by atoms with Crippen molar-refractivity contribution in [2.75, 3.05) is 11.9 Å². The molecule has 0 saturated carbocycles. The predicted molar refractivity (Wildman–Crippen MR) is 67.4 cm³/mol. The normalized spacial score (nSPS) is 11.4. The van der Waals surface area contributed by atoms with Gasteiger partial charge in [0.05, 0.1) is 5.56 Å². The minimum absolute atomic E-state index is 0.222. The maximum absolute atomic E-state index is 12.4. The summed E-state index contributed by atoms with van der Waals surface area (Å²) in [6.45, 7) is 2.30. The van der Waals surface area contributed by atoms with Gasteiger partial charge in [0.1, 0.15) is 0 Å². The zero-order valence-corrected chi connectivity index (χ0v) is 10.9. The van der Waals surface area contributed by atoms with Gasteiger partial charge >= 0.3 is 12.1 Å². The summed E-state index contributed by atoms with van der Waals surface area (Å²) < 4.78 is 41.4. The number of carbonyl (C=O) groups is 1. The molecule has 0 aliphatic rings. The lowest BCUT2D eigenvalue weighted by Gasteiger charge is -2.09. The van der Waals surface area contributed by atoms with Gasteiger partial charge in [-0.3, -0.25) is 4.79 Å². The largest absolute Gasteiger partial charge is 0.471 e. The summed E-state index contributed by atoms with van der Waals surface area (Å²) in [4.78, 5) is 14.5. The number of nitrogens with zero attached hydrogens (tertiary/aromatic N) is 2. The van der Waals surface area contributed by atoms with Crippen LogP contribution in [0, 0.1) is 0 Å². The highest BCUT2D eigenvalue weighted by molar-refractivity contribution is 5.99. The first-order valence-electron chi connectivity index (χ1n) is 5.92. The molecule has 21 heavy (non-hydrogen) atoms. The molecule has 2 aromatic rings. The Hall–Kier alpha value is -2.58. The fraction of sp³-hybridized carbons (Fsp3) is 0.250. The van der Waals surface area contributed by atoms with Gasteiger partial charge in [-0.25, -0.2) is 0 Å². The summed E-state index contributed by atoms with van der Waals surface area (Å²) in [7, 11) is 0. The Bertz CT molecular complexity index is 667. The van der Waals surface area contributed by atoms with Gasteiger partial charge in [-0.05, 0) is 19.1 Å². The van der Waals surface area contributed by atoms with Crippen LogP contribution in [-0.2, 0) is 6.18 Å². The molecule has 1 aromatic heterocycles. The first-order chi connectivity index (χ1) is 9.82. The Morgan fingerprint density at radius 3 is 2.67 bits per heavy atom. The van der Waals surface area contributed by atoms with Crippen LogP contribution in [0.4, 0.5) is 18.9 Å². The van der Waals surface area contributed by atoms with Gasteiger partial charge in [-0.15, -0.1) is 0 Å². The number of anilines is 1. The van der Waals surface area contributed by atoms with E-state index in [4.69, 9.17) is 5.73 Å². The Labute approximate surface area is 117 Å². The summed E-state index contributed by atoms with van der Waals surface area (Å²) in [5.74, 6) is -2.31. The fourth-order valence-electron chi connectivity index (χ4n) is 1.69. The monoisotopic (exact) mass is 300 g/mol. The highest BCUT2D eigenvalue weighted by Crippen LogP contribution is 2.30. The second-order valence-corrected chi connectivity index (χ2v) is 4.08. The van der Waals surface area contributed by atoms with Crippen LogP contribution < -0.4 is 11.1 Å². The van der Waals surface area contributed by atoms with E-state index in [2.05, 4.69) is 20.0 Å². The predicted octanol–water partition coefficient (Wildman–Crippen LogP) is 2.29. The summed E-state index contributed by atoms with van der Waals surface area (Å²) in [6, 6.07) is 4.22. The number of carbonyl (C=O) groups excluding carboxylic acids is 1. The standard InChI is InChI=1S/C12H11F3N4O2/c1-2-17-8-5-6(3-4-7(8)9(16)20)10-18-11(21-19-10)12(13,14)15/h3-5,17H,2H2,1H3,(H2,16,20). The number of nitrogens with one attached hydrogen (secondary N) is 1. The van der Waals surface area contributed by atoms with E-state index in [0.29, 0.717) is 12.2 Å². The first kappa shape index (κ1) is 14.8. The van der Waals surface area contributed by atoms with Crippen molar-refractivity contribution in [3.8, 4) is 11.4 Å². The number of halogens is 3. The van der Waals surface area contributed by atoms with Crippen LogP contribution in [0.3, 0.4) is 0 Å². The van der Waals surface area contributed by atoms with E-state index in [-0.39, 0.29) is 17.0 Å². The van der Waals surface area contributed by atoms with Crippen LogP contribution in [0.2, 0.25) is 0 Å². The molecule has 1 aromatic carbocycles. The van der Waals surface area contributed by atoms with Gasteiger partial charge in [-0.1, -0.05) is 11.2 Å². The van der Waals surface area contributed by atoms with Crippen molar-refractivity contribution in [2.45, 2.75) is 13.1 Å². The molecule has 9 heteroatoms. The molecule has 1 amide bonds. The number of nitrogens with two attached hydrogens (primary N) is 1. The summed E-state index contributed by atoms with van der Waals surface area (Å²) in [6.07, 6.45) is -4.71. The average molecular weight is 300 g/mol. The van der Waals surface area contributed by atoms with Gasteiger partial charge in [-0.2, -0.15) is 18.2 Å². The number of hydrogen-bond acceptors (Lipinski definition) is 5. The third kappa shape index (κ3) is 3.12. The van der Waals surface area contributed by atoms with Gasteiger partial charge in [0.2, 0.25) is 5.82 Å². The van der Waals surface area contributed by atoms with E-state index < -0.39 is 18.0 Å². The van der Waals surface area contributed by atoms with Crippen LogP contribution in [0.1, 0.15) is 23.2 Å². The molecule has 112 valence electrons. The van der Waals surface area contributed by atoms with E-state index in [1.165, 1.54) is 18.2 Å². The lowest BCUT2D eigenvalue weighted by molar-refractivity contribution is -0.159. The number of alkyl halides is 3. The molecule has 1 heterocycles. The third-order valence-corrected chi connectivity index (χ3v) is 2.58. The second-order valence-electron chi connectivity index (χ2n) is 4.08. The van der Waals surface area contributed by atoms with E-state index in [1.54, 1.807) is 6.92 Å². The van der Waals surface area contributed by atoms with E-state index in [1.807, 2.05) is 0 Å². The van der Waals surface area contributed by atoms with Crippen LogP contribution in [0.25, 0.3) is 11.4 Å². The Morgan fingerprint density at radius 1 is 1.43 bits per heavy atom. The number of rotatable bonds is 4. The van der Waals surface area contributed by atoms with Gasteiger partial charge < -0.3 is 15.6 Å². The topological polar surface area (TPSA) is 94.0 Å². The van der Waals surface area contributed by atoms with Crippen molar-refractivity contribution in [2.24, 2.45) is 5.73 Å². The molecule has 0 fully saturated rings. The van der Waals surface area contributed by atoms with E-state index in [0.717, 1.165) is 0 Å². The van der Waals surface area contributed by atoms with Crippen LogP contribution in [-0.4, -0.2) is 22.6 Å². The van der Waals surface area contributed by atoms with Crippen molar-refractivity contribution in [1.29, 1.82) is 0 Å². The Balaban J connectivity index is 2.43. The zero-order chi connectivity index (χ0) is 15.6. The third-order valence-electron chi connectivity index (χ3n) is 2.58. The van der Waals surface area contributed by atoms with Crippen molar-refractivity contribution >= 4 is 11.6 Å². The molecule has 0 saturated heterocycles. The fourth-order valence-corrected chi connectivity index (χ4v) is 1.69. The van der Waals surface area contributed by atoms with Crippen molar-refractivity contribution in [3.05, 3.63) is 29.7 Å². The zero-order valence-electron chi connectivity index (χ0n) is 10.9. The molecule has 0 radical (unpaired) electrons. The van der Waals surface area contributed by atoms with Gasteiger partial charge in [0.25, 0.3) is 5.91 Å². The molecular formula is C12H11F3N4O2. The van der Waals surface area contributed by atoms with E-state index >= 15 is 0 Å². The van der Waals surface area contributed by atoms with Gasteiger partial charge in [0, 0.05) is 17.8 Å². The van der Waals surface area contributed by atoms with Crippen LogP contribution >= 0.6 is 0 Å². The van der Waals surface area contributed by atoms with Crippen molar-refractivity contribution in [3.63, 3.8) is 0 Å². The molecule has 0 unspecified atom stereocenters. The first-order valence-corrected chi connectivity index (χ1v) is 5.92. The summed E-state index contributed by atoms with van der Waals surface area (Å²) in [5.41, 5.74) is 6.10. The quantitative estimate of drug-likeness (QED) is 0.903. The van der Waals surface area contributed by atoms with E-state index in [9.17, 15) is 18.0 Å². The molecule has 0 bridgehead atoms. The highest BCUT2D eigenvalue weighted by atomic mass is 19.4. The van der Waals surface area contributed by atoms with Gasteiger partial charge in [0.15, 0.2) is 0 Å². The van der Waals surface area contributed by atoms with Crippen molar-refractivity contribution in [1.82, 2.24) is 10.1 Å². The Morgan fingerprint density at radius 2 is 2.14 bits per heavy atom.